The molecule has 0 saturated carbocycles. The van der Waals surface area contributed by atoms with Crippen LogP contribution in [-0.2, 0) is 0 Å². The minimum Gasteiger partial charge on any atom is -0.340 e. The fourth-order valence-corrected chi connectivity index (χ4v) is 7.32. The Morgan fingerprint density at radius 3 is 2.25 bits per heavy atom. The Morgan fingerprint density at radius 2 is 1.83 bits per heavy atom. The van der Waals surface area contributed by atoms with Crippen molar-refractivity contribution in [3.8, 4) is 0 Å². The van der Waals surface area contributed by atoms with Gasteiger partial charge in [0.25, 0.3) is 0 Å². The quantitative estimate of drug-likeness (QED) is 0.655. The van der Waals surface area contributed by atoms with Gasteiger partial charge in [0.1, 0.15) is 8.96 Å². The molecule has 0 aliphatic rings. The van der Waals surface area contributed by atoms with Crippen LogP contribution in [0.25, 0.3) is 0 Å². The normalized spacial score (nSPS) is 14.8. The van der Waals surface area contributed by atoms with E-state index in [1.54, 1.807) is 0 Å². The van der Waals surface area contributed by atoms with Crippen LogP contribution < -0.4 is 4.98 Å². The summed E-state index contributed by atoms with van der Waals surface area (Å²) in [6.45, 7) is 13.3. The third-order valence-corrected chi connectivity index (χ3v) is 6.58. The summed E-state index contributed by atoms with van der Waals surface area (Å²) in [5.74, 6) is 0. The minimum atomic E-state index is -0.764. The molecule has 0 fully saturated rings. The van der Waals surface area contributed by atoms with Crippen molar-refractivity contribution in [3.05, 3.63) is 0 Å². The topological polar surface area (TPSA) is 12.0 Å². The molecule has 0 rings (SSSR count). The number of rotatable bonds is 6. The Balaban J connectivity index is 3.37. The molecule has 0 heterocycles. The molecule has 0 amide bonds. The Hall–Kier alpha value is 0.394. The van der Waals surface area contributed by atoms with Crippen LogP contribution in [0.4, 0.5) is 0 Å². The van der Waals surface area contributed by atoms with Crippen molar-refractivity contribution >= 4 is 17.0 Å². The van der Waals surface area contributed by atoms with Crippen molar-refractivity contribution in [2.75, 3.05) is 6.54 Å². The first kappa shape index (κ1) is 12.4. The van der Waals surface area contributed by atoms with Crippen LogP contribution >= 0.6 is 0 Å². The summed E-state index contributed by atoms with van der Waals surface area (Å²) in [5, 5.41) is 0. The molecule has 0 saturated heterocycles. The van der Waals surface area contributed by atoms with Crippen molar-refractivity contribution in [2.45, 2.75) is 51.6 Å². The molecule has 0 bridgehead atoms. The van der Waals surface area contributed by atoms with Crippen molar-refractivity contribution in [1.82, 2.24) is 4.98 Å². The second-order valence-electron chi connectivity index (χ2n) is 4.95. The third-order valence-electron chi connectivity index (χ3n) is 2.07. The molecule has 1 atom stereocenters. The molecule has 1 N–H and O–H groups in total. The Bertz CT molecular complexity index is 110. The van der Waals surface area contributed by atoms with Gasteiger partial charge in [0.15, 0.2) is 0 Å². The summed E-state index contributed by atoms with van der Waals surface area (Å²) in [5.41, 5.74) is 0. The first-order chi connectivity index (χ1) is 5.45. The summed E-state index contributed by atoms with van der Waals surface area (Å²) in [6.07, 6.45) is 1.28. The zero-order chi connectivity index (χ0) is 9.61. The van der Waals surface area contributed by atoms with E-state index in [1.807, 2.05) is 0 Å². The zero-order valence-electron chi connectivity index (χ0n) is 9.41. The standard InChI is InChI=1S/C9H25NSi2/c1-6-7-10-11(2)8-9-12(3,4)5/h10-11H,6-9H2,1-5H3. The molecule has 0 aromatic heterocycles. The minimum absolute atomic E-state index is 0.535. The van der Waals surface area contributed by atoms with E-state index in [-0.39, 0.29) is 0 Å². The molecule has 1 unspecified atom stereocenters. The van der Waals surface area contributed by atoms with E-state index in [0.29, 0.717) is 0 Å². The average Bonchev–Trinajstić information content (AvgIpc) is 1.95. The maximum absolute atomic E-state index is 3.67. The predicted molar refractivity (Wildman–Crippen MR) is 64.3 cm³/mol. The van der Waals surface area contributed by atoms with Crippen LogP contribution in [0, 0.1) is 0 Å². The largest absolute Gasteiger partial charge is 0.340 e. The van der Waals surface area contributed by atoms with Crippen LogP contribution in [0.3, 0.4) is 0 Å². The second kappa shape index (κ2) is 5.94. The van der Waals surface area contributed by atoms with Crippen molar-refractivity contribution < 1.29 is 0 Å². The van der Waals surface area contributed by atoms with Gasteiger partial charge in [-0.2, -0.15) is 0 Å². The van der Waals surface area contributed by atoms with Gasteiger partial charge in [-0.25, -0.2) is 0 Å². The van der Waals surface area contributed by atoms with Crippen molar-refractivity contribution in [3.63, 3.8) is 0 Å². The molecule has 0 aromatic rings. The van der Waals surface area contributed by atoms with Gasteiger partial charge in [0.05, 0.1) is 0 Å². The first-order valence-corrected chi connectivity index (χ1v) is 11.4. The van der Waals surface area contributed by atoms with Gasteiger partial charge >= 0.3 is 0 Å². The van der Waals surface area contributed by atoms with Crippen LogP contribution in [0.1, 0.15) is 13.3 Å². The summed E-state index contributed by atoms with van der Waals surface area (Å²) in [7, 11) is -1.30. The van der Waals surface area contributed by atoms with Crippen LogP contribution in [-0.4, -0.2) is 23.6 Å². The van der Waals surface area contributed by atoms with Gasteiger partial charge in [-0.15, -0.1) is 0 Å². The number of hydrogen-bond acceptors (Lipinski definition) is 1. The second-order valence-corrected chi connectivity index (χ2v) is 13.4. The Labute approximate surface area is 80.6 Å². The summed E-state index contributed by atoms with van der Waals surface area (Å²) < 4.78 is 0. The number of hydrogen-bond donors (Lipinski definition) is 1. The van der Waals surface area contributed by atoms with Crippen LogP contribution in [0.15, 0.2) is 0 Å². The van der Waals surface area contributed by atoms with Gasteiger partial charge in [-0.05, 0) is 19.0 Å². The van der Waals surface area contributed by atoms with Gasteiger partial charge in [0.2, 0.25) is 0 Å². The Kier molecular flexibility index (Phi) is 6.14. The van der Waals surface area contributed by atoms with Crippen LogP contribution in [0.5, 0.6) is 0 Å². The lowest BCUT2D eigenvalue weighted by molar-refractivity contribution is 0.847. The summed E-state index contributed by atoms with van der Waals surface area (Å²) in [6, 6.07) is 3.01. The SMILES string of the molecule is CCCN[SiH](C)CC[Si](C)(C)C. The Morgan fingerprint density at radius 1 is 1.25 bits per heavy atom. The molecule has 0 aliphatic heterocycles. The van der Waals surface area contributed by atoms with E-state index < -0.39 is 17.0 Å². The highest BCUT2D eigenvalue weighted by atomic mass is 28.3. The molecular weight excluding hydrogens is 178 g/mol. The highest BCUT2D eigenvalue weighted by molar-refractivity contribution is 6.77. The molecule has 0 aromatic carbocycles. The first-order valence-electron chi connectivity index (χ1n) is 5.19. The molecule has 3 heteroatoms. The van der Waals surface area contributed by atoms with E-state index in [0.717, 1.165) is 0 Å². The number of nitrogens with one attached hydrogen (secondary N) is 1. The maximum Gasteiger partial charge on any atom is 0.105 e. The predicted octanol–water partition coefficient (Wildman–Crippen LogP) is 2.68. The third kappa shape index (κ3) is 8.49. The lowest BCUT2D eigenvalue weighted by Gasteiger charge is -2.18. The van der Waals surface area contributed by atoms with E-state index in [4.69, 9.17) is 0 Å². The fraction of sp³-hybridized carbons (Fsp3) is 1.00. The van der Waals surface area contributed by atoms with E-state index in [9.17, 15) is 0 Å². The molecular formula is C9H25NSi2. The molecule has 74 valence electrons. The van der Waals surface area contributed by atoms with Gasteiger partial charge < -0.3 is 4.98 Å². The van der Waals surface area contributed by atoms with E-state index >= 15 is 0 Å². The van der Waals surface area contributed by atoms with Crippen molar-refractivity contribution in [2.24, 2.45) is 0 Å². The van der Waals surface area contributed by atoms with E-state index in [2.05, 4.69) is 38.1 Å². The molecule has 0 spiro atoms. The highest BCUT2D eigenvalue weighted by Crippen LogP contribution is 2.12. The highest BCUT2D eigenvalue weighted by Gasteiger charge is 2.14. The molecule has 0 aliphatic carbocycles. The maximum atomic E-state index is 3.67. The lowest BCUT2D eigenvalue weighted by Crippen LogP contribution is -2.33. The smallest absolute Gasteiger partial charge is 0.105 e. The van der Waals surface area contributed by atoms with Crippen molar-refractivity contribution in [1.29, 1.82) is 0 Å². The summed E-state index contributed by atoms with van der Waals surface area (Å²) >= 11 is 0. The van der Waals surface area contributed by atoms with Gasteiger partial charge in [0, 0.05) is 8.07 Å². The molecule has 0 radical (unpaired) electrons. The molecule has 1 nitrogen and oxygen atoms in total. The zero-order valence-corrected chi connectivity index (χ0v) is 11.6. The average molecular weight is 203 g/mol. The molecule has 12 heavy (non-hydrogen) atoms. The van der Waals surface area contributed by atoms with E-state index in [1.165, 1.54) is 25.1 Å². The lowest BCUT2D eigenvalue weighted by atomic mass is 10.5. The van der Waals surface area contributed by atoms with Gasteiger partial charge in [-0.1, -0.05) is 39.2 Å². The fourth-order valence-electron chi connectivity index (χ4n) is 1.14. The summed E-state index contributed by atoms with van der Waals surface area (Å²) in [4.78, 5) is 3.67. The van der Waals surface area contributed by atoms with Crippen LogP contribution in [0.2, 0.25) is 38.3 Å². The van der Waals surface area contributed by atoms with Gasteiger partial charge in [-0.3, -0.25) is 0 Å². The monoisotopic (exact) mass is 203 g/mol.